The van der Waals surface area contributed by atoms with Crippen LogP contribution in [0.4, 0.5) is 0 Å². The minimum atomic E-state index is -1.69. The monoisotopic (exact) mass is 452 g/mol. The molecule has 0 saturated carbocycles. The van der Waals surface area contributed by atoms with E-state index in [0.29, 0.717) is 0 Å². The third kappa shape index (κ3) is 14.7. The zero-order valence-corrected chi connectivity index (χ0v) is 15.9. The van der Waals surface area contributed by atoms with Crippen molar-refractivity contribution in [2.45, 2.75) is 48.8 Å². The Kier molecular flexibility index (Phi) is 22.0. The number of carbonyl (C=O) groups excluding carboxylic acids is 2. The van der Waals surface area contributed by atoms with Crippen molar-refractivity contribution in [1.29, 1.82) is 0 Å². The molecule has 0 aromatic rings. The van der Waals surface area contributed by atoms with E-state index in [2.05, 4.69) is 0 Å². The van der Waals surface area contributed by atoms with Gasteiger partial charge in [-0.1, -0.05) is 0 Å². The fraction of sp³-hybridized carbons (Fsp3) is 0.867. The molecule has 0 rings (SSSR count). The van der Waals surface area contributed by atoms with Crippen LogP contribution in [0.25, 0.3) is 0 Å². The second kappa shape index (κ2) is 19.8. The van der Waals surface area contributed by atoms with Crippen molar-refractivity contribution in [2.75, 3.05) is 33.0 Å². The first-order valence-electron chi connectivity index (χ1n) is 8.36. The summed E-state index contributed by atoms with van der Waals surface area (Å²) in [4.78, 5) is 20.1. The zero-order valence-electron chi connectivity index (χ0n) is 15.9. The van der Waals surface area contributed by atoms with Crippen molar-refractivity contribution in [3.8, 4) is 0 Å². The number of Topliss-reactive ketones (excluding diaryl/α,β-unsaturated/α-hetero) is 1. The lowest BCUT2D eigenvalue weighted by Gasteiger charge is -2.19. The summed E-state index contributed by atoms with van der Waals surface area (Å²) in [6.07, 6.45) is -12.1. The van der Waals surface area contributed by atoms with Gasteiger partial charge in [0.2, 0.25) is 0 Å². The number of rotatable bonds is 12. The molecular weight excluding hydrogens is 420 g/mol. The van der Waals surface area contributed by atoms with Gasteiger partial charge in [0.25, 0.3) is 0 Å². The highest BCUT2D eigenvalue weighted by Crippen LogP contribution is 1.98. The van der Waals surface area contributed by atoms with E-state index >= 15 is 0 Å². The maximum absolute atomic E-state index is 10.3. The van der Waals surface area contributed by atoms with Crippen LogP contribution >= 0.6 is 0 Å². The van der Waals surface area contributed by atoms with Crippen molar-refractivity contribution in [3.63, 3.8) is 0 Å². The average Bonchev–Trinajstić information content (AvgIpc) is 2.79. The predicted octanol–water partition coefficient (Wildman–Crippen LogP) is -8.42. The van der Waals surface area contributed by atoms with Crippen LogP contribution in [-0.2, 0) is 9.59 Å². The van der Waals surface area contributed by atoms with E-state index in [1.165, 1.54) is 0 Å². The van der Waals surface area contributed by atoms with E-state index < -0.39 is 87.6 Å². The van der Waals surface area contributed by atoms with E-state index in [1.807, 2.05) is 0 Å². The minimum absolute atomic E-state index is 0.0869. The van der Waals surface area contributed by atoms with Gasteiger partial charge in [-0.3, -0.25) is 4.79 Å². The third-order valence-electron chi connectivity index (χ3n) is 3.27. The summed E-state index contributed by atoms with van der Waals surface area (Å²) in [6, 6.07) is 0. The molecule has 15 heteroatoms. The van der Waals surface area contributed by atoms with Gasteiger partial charge in [0, 0.05) is 0 Å². The molecule has 7 unspecified atom stereocenters. The van der Waals surface area contributed by atoms with Gasteiger partial charge < -0.3 is 71.2 Å². The lowest BCUT2D eigenvalue weighted by Crippen LogP contribution is -2.41. The van der Waals surface area contributed by atoms with Gasteiger partial charge >= 0.3 is 0 Å². The normalized spacial score (nSPS) is 18.7. The number of aliphatic hydroxyl groups is 13. The molecule has 0 fully saturated rings. The van der Waals surface area contributed by atoms with Gasteiger partial charge in [0.1, 0.15) is 55.4 Å². The number of carbonyl (C=O) groups is 2. The zero-order chi connectivity index (χ0) is 24.4. The van der Waals surface area contributed by atoms with Gasteiger partial charge in [-0.25, -0.2) is 0 Å². The van der Waals surface area contributed by atoms with Gasteiger partial charge in [0.05, 0.1) is 26.4 Å². The lowest BCUT2D eigenvalue weighted by molar-refractivity contribution is -0.137. The Morgan fingerprint density at radius 1 is 0.600 bits per heavy atom. The number of ketones is 1. The average molecular weight is 452 g/mol. The molecule has 0 aliphatic carbocycles. The van der Waals surface area contributed by atoms with Crippen molar-refractivity contribution < 1.29 is 76.0 Å². The summed E-state index contributed by atoms with van der Waals surface area (Å²) in [6.45, 7) is -3.51. The van der Waals surface area contributed by atoms with Crippen LogP contribution in [0.1, 0.15) is 0 Å². The Balaban J connectivity index is -0.000000364. The molecule has 0 heterocycles. The van der Waals surface area contributed by atoms with E-state index in [0.717, 1.165) is 0 Å². The van der Waals surface area contributed by atoms with E-state index in [9.17, 15) is 9.59 Å². The summed E-state index contributed by atoms with van der Waals surface area (Å²) < 4.78 is 0. The molecule has 0 amide bonds. The molecule has 7 atom stereocenters. The summed E-state index contributed by atoms with van der Waals surface area (Å²) in [5, 5.41) is 110. The van der Waals surface area contributed by atoms with Crippen LogP contribution < -0.4 is 0 Å². The van der Waals surface area contributed by atoms with Gasteiger partial charge in [-0.2, -0.15) is 0 Å². The third-order valence-corrected chi connectivity index (χ3v) is 3.27. The highest BCUT2D eigenvalue weighted by atomic mass is 16.4. The summed E-state index contributed by atoms with van der Waals surface area (Å²) >= 11 is 0. The predicted molar refractivity (Wildman–Crippen MR) is 94.6 cm³/mol. The molecule has 0 spiro atoms. The van der Waals surface area contributed by atoms with Gasteiger partial charge in [-0.15, -0.1) is 0 Å². The molecule has 0 aliphatic rings. The summed E-state index contributed by atoms with van der Waals surface area (Å²) in [7, 11) is 0. The standard InChI is InChI=1S/C5H12O5.2C5H10O5/c3*6-1-3(8)5(10)4(9)2-7/h3-10H,1-2H2;3,5-8,10H,1-2H2;1,3-5,7-10H,2H2. The Hall–Kier alpha value is -1.18. The highest BCUT2D eigenvalue weighted by molar-refractivity contribution is 5.84. The molecule has 0 radical (unpaired) electrons. The molecule has 15 nitrogen and oxygen atoms in total. The smallest absolute Gasteiger partial charge is 0.189 e. The van der Waals surface area contributed by atoms with Crippen molar-refractivity contribution in [3.05, 3.63) is 0 Å². The number of aliphatic hydroxyl groups excluding tert-OH is 13. The minimum Gasteiger partial charge on any atom is -0.394 e. The Labute approximate surface area is 171 Å². The molecule has 13 N–H and O–H groups in total. The van der Waals surface area contributed by atoms with Crippen LogP contribution in [0, 0.1) is 0 Å². The first-order chi connectivity index (χ1) is 13.9. The van der Waals surface area contributed by atoms with E-state index in [4.69, 9.17) is 66.4 Å². The maximum atomic E-state index is 10.3. The molecule has 0 bridgehead atoms. The van der Waals surface area contributed by atoms with Gasteiger partial charge in [0.15, 0.2) is 12.1 Å². The van der Waals surface area contributed by atoms with Crippen LogP contribution in [0.5, 0.6) is 0 Å². The fourth-order valence-electron chi connectivity index (χ4n) is 1.30. The quantitative estimate of drug-likeness (QED) is 0.122. The largest absolute Gasteiger partial charge is 0.394 e. The second-order valence-corrected chi connectivity index (χ2v) is 5.68. The van der Waals surface area contributed by atoms with Crippen LogP contribution in [0.3, 0.4) is 0 Å². The maximum Gasteiger partial charge on any atom is 0.189 e. The number of hydrogen-bond acceptors (Lipinski definition) is 15. The van der Waals surface area contributed by atoms with E-state index in [-0.39, 0.29) is 6.29 Å². The number of hydrogen-bond donors (Lipinski definition) is 13. The molecule has 0 aromatic carbocycles. The number of aldehydes is 1. The molecule has 0 saturated heterocycles. The Morgan fingerprint density at radius 2 is 0.933 bits per heavy atom. The lowest BCUT2D eigenvalue weighted by atomic mass is 10.1. The first-order valence-corrected chi connectivity index (χ1v) is 8.36. The Morgan fingerprint density at radius 3 is 1.20 bits per heavy atom. The summed E-state index contributed by atoms with van der Waals surface area (Å²) in [5.74, 6) is -0.901. The van der Waals surface area contributed by atoms with E-state index in [1.54, 1.807) is 0 Å². The molecular formula is C15H32O15. The van der Waals surface area contributed by atoms with Crippen LogP contribution in [0.2, 0.25) is 0 Å². The molecule has 0 aliphatic heterocycles. The van der Waals surface area contributed by atoms with Crippen molar-refractivity contribution in [2.24, 2.45) is 0 Å². The highest BCUT2D eigenvalue weighted by Gasteiger charge is 2.24. The SMILES string of the molecule is O=C(CO)C(O)C(O)CO.O=CC(O)C(O)C(O)CO.OCC(O)C(O)C(O)CO. The summed E-state index contributed by atoms with van der Waals surface area (Å²) in [5.41, 5.74) is 0. The molecule has 30 heavy (non-hydrogen) atoms. The van der Waals surface area contributed by atoms with Crippen molar-refractivity contribution >= 4 is 12.1 Å². The second-order valence-electron chi connectivity index (χ2n) is 5.68. The Bertz CT molecular complexity index is 413. The van der Waals surface area contributed by atoms with Crippen LogP contribution in [-0.4, -0.2) is 160 Å². The van der Waals surface area contributed by atoms with Crippen molar-refractivity contribution in [1.82, 2.24) is 0 Å². The molecule has 182 valence electrons. The van der Waals surface area contributed by atoms with Crippen LogP contribution in [0.15, 0.2) is 0 Å². The first kappa shape index (κ1) is 33.5. The molecule has 0 aromatic heterocycles. The van der Waals surface area contributed by atoms with Gasteiger partial charge in [-0.05, 0) is 0 Å². The fourth-order valence-corrected chi connectivity index (χ4v) is 1.30. The topological polar surface area (TPSA) is 297 Å².